The van der Waals surface area contributed by atoms with Gasteiger partial charge in [0.05, 0.1) is 0 Å². The van der Waals surface area contributed by atoms with Gasteiger partial charge >= 0.3 is 0 Å². The zero-order chi connectivity index (χ0) is 15.4. The van der Waals surface area contributed by atoms with Gasteiger partial charge in [0.15, 0.2) is 0 Å². The molecule has 0 spiro atoms. The molecule has 0 saturated carbocycles. The normalized spacial score (nSPS) is 12.7. The second-order valence-electron chi connectivity index (χ2n) is 5.92. The molecular weight excluding hydrogens is 322 g/mol. The standard InChI is InChI=1S/C19H24BrN/c1-13(2)16-10-8-15(9-11-16)12-18(21-4)17-7-5-6-14(3)19(17)20/h5-11,13,18,21H,12H2,1-4H3. The molecule has 1 unspecified atom stereocenters. The van der Waals surface area contributed by atoms with E-state index < -0.39 is 0 Å². The Labute approximate surface area is 136 Å². The second kappa shape index (κ2) is 7.24. The lowest BCUT2D eigenvalue weighted by atomic mass is 9.95. The van der Waals surface area contributed by atoms with E-state index in [1.54, 1.807) is 0 Å². The summed E-state index contributed by atoms with van der Waals surface area (Å²) in [7, 11) is 2.03. The maximum Gasteiger partial charge on any atom is 0.0369 e. The molecule has 21 heavy (non-hydrogen) atoms. The SMILES string of the molecule is CNC(Cc1ccc(C(C)C)cc1)c1cccc(C)c1Br. The van der Waals surface area contributed by atoms with E-state index in [2.05, 4.69) is 84.5 Å². The first-order chi connectivity index (χ1) is 10.0. The number of aryl methyl sites for hydroxylation is 1. The first-order valence-corrected chi connectivity index (χ1v) is 8.33. The highest BCUT2D eigenvalue weighted by atomic mass is 79.9. The minimum atomic E-state index is 0.323. The summed E-state index contributed by atoms with van der Waals surface area (Å²) in [5.74, 6) is 0.588. The lowest BCUT2D eigenvalue weighted by molar-refractivity contribution is 0.589. The molecule has 0 aromatic heterocycles. The molecule has 2 heteroatoms. The van der Waals surface area contributed by atoms with Crippen molar-refractivity contribution in [3.05, 3.63) is 69.2 Å². The van der Waals surface area contributed by atoms with Crippen LogP contribution in [0.2, 0.25) is 0 Å². The molecule has 2 aromatic carbocycles. The Morgan fingerprint density at radius 3 is 2.29 bits per heavy atom. The third-order valence-corrected chi connectivity index (χ3v) is 5.12. The Morgan fingerprint density at radius 2 is 1.71 bits per heavy atom. The van der Waals surface area contributed by atoms with E-state index >= 15 is 0 Å². The topological polar surface area (TPSA) is 12.0 Å². The highest BCUT2D eigenvalue weighted by Crippen LogP contribution is 2.29. The van der Waals surface area contributed by atoms with Gasteiger partial charge in [-0.15, -0.1) is 0 Å². The molecule has 1 N–H and O–H groups in total. The van der Waals surface area contributed by atoms with Crippen LogP contribution in [-0.4, -0.2) is 7.05 Å². The van der Waals surface area contributed by atoms with Crippen LogP contribution in [-0.2, 0) is 6.42 Å². The Hall–Kier alpha value is -1.12. The van der Waals surface area contributed by atoms with Gasteiger partial charge in [0, 0.05) is 10.5 Å². The van der Waals surface area contributed by atoms with Crippen molar-refractivity contribution in [1.29, 1.82) is 0 Å². The molecule has 2 aromatic rings. The van der Waals surface area contributed by atoms with Gasteiger partial charge in [-0.1, -0.05) is 72.2 Å². The predicted molar refractivity (Wildman–Crippen MR) is 94.9 cm³/mol. The van der Waals surface area contributed by atoms with Gasteiger partial charge < -0.3 is 5.32 Å². The second-order valence-corrected chi connectivity index (χ2v) is 6.71. The Bertz CT molecular complexity index is 587. The Balaban J connectivity index is 2.21. The van der Waals surface area contributed by atoms with Gasteiger partial charge in [0.2, 0.25) is 0 Å². The van der Waals surface area contributed by atoms with Crippen molar-refractivity contribution in [2.45, 2.75) is 39.2 Å². The van der Waals surface area contributed by atoms with Crippen molar-refractivity contribution in [3.8, 4) is 0 Å². The van der Waals surface area contributed by atoms with E-state index in [-0.39, 0.29) is 0 Å². The average molecular weight is 346 g/mol. The van der Waals surface area contributed by atoms with Crippen LogP contribution in [0.15, 0.2) is 46.9 Å². The molecule has 0 radical (unpaired) electrons. The number of hydrogen-bond acceptors (Lipinski definition) is 1. The molecule has 0 amide bonds. The first-order valence-electron chi connectivity index (χ1n) is 7.54. The van der Waals surface area contributed by atoms with Crippen molar-refractivity contribution >= 4 is 15.9 Å². The predicted octanol–water partition coefficient (Wildman–Crippen LogP) is 5.38. The van der Waals surface area contributed by atoms with Crippen molar-refractivity contribution in [3.63, 3.8) is 0 Å². The zero-order valence-electron chi connectivity index (χ0n) is 13.3. The number of nitrogens with one attached hydrogen (secondary N) is 1. The highest BCUT2D eigenvalue weighted by molar-refractivity contribution is 9.10. The molecule has 0 bridgehead atoms. The number of benzene rings is 2. The van der Waals surface area contributed by atoms with Crippen molar-refractivity contribution < 1.29 is 0 Å². The fourth-order valence-corrected chi connectivity index (χ4v) is 3.12. The third-order valence-electron chi connectivity index (χ3n) is 4.03. The number of rotatable bonds is 5. The van der Waals surface area contributed by atoms with Gasteiger partial charge in [-0.3, -0.25) is 0 Å². The first kappa shape index (κ1) is 16.3. The van der Waals surface area contributed by atoms with Crippen LogP contribution in [0.25, 0.3) is 0 Å². The largest absolute Gasteiger partial charge is 0.313 e. The summed E-state index contributed by atoms with van der Waals surface area (Å²) < 4.78 is 1.21. The maximum atomic E-state index is 3.73. The van der Waals surface area contributed by atoms with Crippen molar-refractivity contribution in [1.82, 2.24) is 5.32 Å². The van der Waals surface area contributed by atoms with E-state index in [0.29, 0.717) is 12.0 Å². The van der Waals surface area contributed by atoms with Crippen LogP contribution in [0.5, 0.6) is 0 Å². The molecule has 0 aliphatic heterocycles. The molecule has 2 rings (SSSR count). The summed E-state index contributed by atoms with van der Waals surface area (Å²) in [6, 6.07) is 15.8. The quantitative estimate of drug-likeness (QED) is 0.766. The van der Waals surface area contributed by atoms with Gasteiger partial charge in [-0.05, 0) is 48.6 Å². The van der Waals surface area contributed by atoms with Crippen molar-refractivity contribution in [2.75, 3.05) is 7.05 Å². The van der Waals surface area contributed by atoms with E-state index in [0.717, 1.165) is 6.42 Å². The summed E-state index contributed by atoms with van der Waals surface area (Å²) in [6.07, 6.45) is 0.997. The van der Waals surface area contributed by atoms with Crippen LogP contribution in [0.1, 0.15) is 48.1 Å². The molecular formula is C19H24BrN. The minimum absolute atomic E-state index is 0.323. The summed E-state index contributed by atoms with van der Waals surface area (Å²) in [5.41, 5.74) is 5.37. The van der Waals surface area contributed by atoms with Gasteiger partial charge in [-0.25, -0.2) is 0 Å². The van der Waals surface area contributed by atoms with Crippen LogP contribution in [0.4, 0.5) is 0 Å². The van der Waals surface area contributed by atoms with Crippen LogP contribution >= 0.6 is 15.9 Å². The molecule has 0 saturated heterocycles. The summed E-state index contributed by atoms with van der Waals surface area (Å²) in [6.45, 7) is 6.60. The molecule has 0 fully saturated rings. The maximum absolute atomic E-state index is 3.73. The number of halogens is 1. The monoisotopic (exact) mass is 345 g/mol. The Kier molecular flexibility index (Phi) is 5.60. The minimum Gasteiger partial charge on any atom is -0.313 e. The van der Waals surface area contributed by atoms with Gasteiger partial charge in [0.1, 0.15) is 0 Å². The lowest BCUT2D eigenvalue weighted by Gasteiger charge is -2.19. The zero-order valence-corrected chi connectivity index (χ0v) is 14.9. The summed E-state index contributed by atoms with van der Waals surface area (Å²) in [4.78, 5) is 0. The lowest BCUT2D eigenvalue weighted by Crippen LogP contribution is -2.19. The number of likely N-dealkylation sites (N-methyl/N-ethyl adjacent to an activating group) is 1. The molecule has 1 nitrogen and oxygen atoms in total. The van der Waals surface area contributed by atoms with Crippen LogP contribution in [0, 0.1) is 6.92 Å². The van der Waals surface area contributed by atoms with E-state index in [9.17, 15) is 0 Å². The highest BCUT2D eigenvalue weighted by Gasteiger charge is 2.14. The fourth-order valence-electron chi connectivity index (χ4n) is 2.58. The summed E-state index contributed by atoms with van der Waals surface area (Å²) in [5, 5.41) is 3.44. The van der Waals surface area contributed by atoms with Crippen molar-refractivity contribution in [2.24, 2.45) is 0 Å². The van der Waals surface area contributed by atoms with E-state index in [1.807, 2.05) is 7.05 Å². The molecule has 1 atom stereocenters. The molecule has 0 aliphatic rings. The third kappa shape index (κ3) is 3.96. The molecule has 0 aliphatic carbocycles. The summed E-state index contributed by atoms with van der Waals surface area (Å²) >= 11 is 3.73. The Morgan fingerprint density at radius 1 is 1.05 bits per heavy atom. The average Bonchev–Trinajstić information content (AvgIpc) is 2.48. The van der Waals surface area contributed by atoms with Gasteiger partial charge in [-0.2, -0.15) is 0 Å². The fraction of sp³-hybridized carbons (Fsp3) is 0.368. The van der Waals surface area contributed by atoms with Crippen LogP contribution < -0.4 is 5.32 Å². The molecule has 0 heterocycles. The smallest absolute Gasteiger partial charge is 0.0369 e. The van der Waals surface area contributed by atoms with Gasteiger partial charge in [0.25, 0.3) is 0 Å². The van der Waals surface area contributed by atoms with E-state index in [4.69, 9.17) is 0 Å². The molecule has 112 valence electrons. The number of hydrogen-bond donors (Lipinski definition) is 1. The van der Waals surface area contributed by atoms with Crippen LogP contribution in [0.3, 0.4) is 0 Å². The van der Waals surface area contributed by atoms with E-state index in [1.165, 1.54) is 26.7 Å².